The maximum atomic E-state index is 11.0. The fourth-order valence-corrected chi connectivity index (χ4v) is 1.09. The number of alkyl halides is 1. The van der Waals surface area contributed by atoms with E-state index >= 15 is 0 Å². The van der Waals surface area contributed by atoms with Crippen LogP contribution in [0.25, 0.3) is 0 Å². The highest BCUT2D eigenvalue weighted by atomic mass is 35.5. The first-order valence-electron chi connectivity index (χ1n) is 3.57. The lowest BCUT2D eigenvalue weighted by Crippen LogP contribution is -2.04. The van der Waals surface area contributed by atoms with Crippen molar-refractivity contribution in [2.45, 2.75) is 5.88 Å². The number of ketones is 1. The molecule has 0 amide bonds. The van der Waals surface area contributed by atoms with E-state index in [2.05, 4.69) is 0 Å². The summed E-state index contributed by atoms with van der Waals surface area (Å²) in [5, 5.41) is 8.57. The second-order valence-corrected chi connectivity index (χ2v) is 2.68. The van der Waals surface area contributed by atoms with E-state index in [1.807, 2.05) is 6.07 Å². The van der Waals surface area contributed by atoms with Crippen molar-refractivity contribution in [3.8, 4) is 0 Å². The summed E-state index contributed by atoms with van der Waals surface area (Å²) in [4.78, 5) is 11.0. The maximum absolute atomic E-state index is 11.0. The minimum atomic E-state index is -0.453. The summed E-state index contributed by atoms with van der Waals surface area (Å²) in [5.41, 5.74) is 1.40. The zero-order valence-electron chi connectivity index (χ0n) is 6.46. The number of rotatable bonds is 3. The highest BCUT2D eigenvalue weighted by molar-refractivity contribution is 6.17. The molecule has 0 aromatic heterocycles. The SMILES string of the molecule is O=C(CO)c1cccc(CCl)c1. The van der Waals surface area contributed by atoms with Crippen molar-refractivity contribution >= 4 is 17.4 Å². The summed E-state index contributed by atoms with van der Waals surface area (Å²) in [5.74, 6) is 0.106. The van der Waals surface area contributed by atoms with Crippen molar-refractivity contribution < 1.29 is 9.90 Å². The van der Waals surface area contributed by atoms with Crippen LogP contribution in [0.4, 0.5) is 0 Å². The number of carbonyl (C=O) groups excluding carboxylic acids is 1. The predicted octanol–water partition coefficient (Wildman–Crippen LogP) is 1.60. The Morgan fingerprint density at radius 2 is 2.25 bits per heavy atom. The molecular weight excluding hydrogens is 176 g/mol. The highest BCUT2D eigenvalue weighted by Crippen LogP contribution is 2.07. The van der Waals surface area contributed by atoms with Gasteiger partial charge in [-0.15, -0.1) is 11.6 Å². The third-order valence-electron chi connectivity index (χ3n) is 1.55. The van der Waals surface area contributed by atoms with Gasteiger partial charge in [-0.1, -0.05) is 18.2 Å². The fourth-order valence-electron chi connectivity index (χ4n) is 0.919. The summed E-state index contributed by atoms with van der Waals surface area (Å²) in [7, 11) is 0. The van der Waals surface area contributed by atoms with Gasteiger partial charge in [-0.2, -0.15) is 0 Å². The third kappa shape index (κ3) is 2.06. The number of aliphatic hydroxyl groups is 1. The van der Waals surface area contributed by atoms with Gasteiger partial charge in [-0.25, -0.2) is 0 Å². The molecular formula is C9H9ClO2. The van der Waals surface area contributed by atoms with E-state index < -0.39 is 6.61 Å². The zero-order valence-corrected chi connectivity index (χ0v) is 7.21. The maximum Gasteiger partial charge on any atom is 0.188 e. The van der Waals surface area contributed by atoms with Crippen LogP contribution in [0.15, 0.2) is 24.3 Å². The summed E-state index contributed by atoms with van der Waals surface area (Å²) < 4.78 is 0. The topological polar surface area (TPSA) is 37.3 Å². The van der Waals surface area contributed by atoms with Gasteiger partial charge >= 0.3 is 0 Å². The van der Waals surface area contributed by atoms with Gasteiger partial charge in [-0.3, -0.25) is 4.79 Å². The smallest absolute Gasteiger partial charge is 0.188 e. The first-order chi connectivity index (χ1) is 5.77. The Balaban J connectivity index is 2.93. The van der Waals surface area contributed by atoms with Gasteiger partial charge in [0, 0.05) is 11.4 Å². The van der Waals surface area contributed by atoms with Crippen molar-refractivity contribution in [3.05, 3.63) is 35.4 Å². The third-order valence-corrected chi connectivity index (χ3v) is 1.86. The molecule has 0 spiro atoms. The van der Waals surface area contributed by atoms with E-state index in [0.717, 1.165) is 5.56 Å². The lowest BCUT2D eigenvalue weighted by atomic mass is 10.1. The molecule has 2 nitrogen and oxygen atoms in total. The molecule has 0 saturated heterocycles. The summed E-state index contributed by atoms with van der Waals surface area (Å²) in [6, 6.07) is 6.93. The Hall–Kier alpha value is -0.860. The van der Waals surface area contributed by atoms with E-state index in [1.54, 1.807) is 18.2 Å². The first-order valence-corrected chi connectivity index (χ1v) is 4.10. The molecule has 1 N–H and O–H groups in total. The highest BCUT2D eigenvalue weighted by Gasteiger charge is 2.03. The van der Waals surface area contributed by atoms with E-state index in [9.17, 15) is 4.79 Å². The van der Waals surface area contributed by atoms with Gasteiger partial charge in [0.15, 0.2) is 5.78 Å². The number of aliphatic hydroxyl groups excluding tert-OH is 1. The van der Waals surface area contributed by atoms with E-state index in [4.69, 9.17) is 16.7 Å². The molecule has 0 atom stereocenters. The Labute approximate surface area is 75.8 Å². The van der Waals surface area contributed by atoms with E-state index in [1.165, 1.54) is 0 Å². The van der Waals surface area contributed by atoms with Crippen LogP contribution >= 0.6 is 11.6 Å². The average Bonchev–Trinajstić information content (AvgIpc) is 2.17. The number of benzene rings is 1. The minimum Gasteiger partial charge on any atom is -0.388 e. The van der Waals surface area contributed by atoms with Crippen molar-refractivity contribution in [2.24, 2.45) is 0 Å². The van der Waals surface area contributed by atoms with Gasteiger partial charge in [0.05, 0.1) is 0 Å². The molecule has 0 aliphatic heterocycles. The lowest BCUT2D eigenvalue weighted by molar-refractivity contribution is 0.0903. The van der Waals surface area contributed by atoms with Crippen molar-refractivity contribution in [2.75, 3.05) is 6.61 Å². The lowest BCUT2D eigenvalue weighted by Gasteiger charge is -1.99. The molecule has 0 bridgehead atoms. The molecule has 0 heterocycles. The normalized spacial score (nSPS) is 9.83. The minimum absolute atomic E-state index is 0.276. The van der Waals surface area contributed by atoms with Crippen molar-refractivity contribution in [1.82, 2.24) is 0 Å². The number of hydrogen-bond acceptors (Lipinski definition) is 2. The number of Topliss-reactive ketones (excluding diaryl/α,β-unsaturated/α-hetero) is 1. The standard InChI is InChI=1S/C9H9ClO2/c10-5-7-2-1-3-8(4-7)9(12)6-11/h1-4,11H,5-6H2. The van der Waals surface area contributed by atoms with Crippen LogP contribution in [0.5, 0.6) is 0 Å². The van der Waals surface area contributed by atoms with Gasteiger partial charge in [-0.05, 0) is 11.6 Å². The zero-order chi connectivity index (χ0) is 8.97. The van der Waals surface area contributed by atoms with Crippen LogP contribution in [0.3, 0.4) is 0 Å². The van der Waals surface area contributed by atoms with Gasteiger partial charge in [0.1, 0.15) is 6.61 Å². The van der Waals surface area contributed by atoms with Crippen LogP contribution in [-0.2, 0) is 5.88 Å². The quantitative estimate of drug-likeness (QED) is 0.573. The van der Waals surface area contributed by atoms with Crippen LogP contribution in [0.1, 0.15) is 15.9 Å². The van der Waals surface area contributed by atoms with Crippen molar-refractivity contribution in [3.63, 3.8) is 0 Å². The van der Waals surface area contributed by atoms with Crippen LogP contribution in [-0.4, -0.2) is 17.5 Å². The van der Waals surface area contributed by atoms with Crippen LogP contribution in [0.2, 0.25) is 0 Å². The molecule has 12 heavy (non-hydrogen) atoms. The number of carbonyl (C=O) groups is 1. The first kappa shape index (κ1) is 9.23. The van der Waals surface area contributed by atoms with Crippen molar-refractivity contribution in [1.29, 1.82) is 0 Å². The number of hydrogen-bond donors (Lipinski definition) is 1. The monoisotopic (exact) mass is 184 g/mol. The summed E-state index contributed by atoms with van der Waals surface area (Å²) >= 11 is 5.57. The number of halogens is 1. The van der Waals surface area contributed by atoms with Crippen LogP contribution in [0, 0.1) is 0 Å². The molecule has 1 rings (SSSR count). The molecule has 0 fully saturated rings. The largest absolute Gasteiger partial charge is 0.388 e. The average molecular weight is 185 g/mol. The molecule has 1 aromatic carbocycles. The van der Waals surface area contributed by atoms with Gasteiger partial charge in [0.25, 0.3) is 0 Å². The molecule has 0 aliphatic carbocycles. The fraction of sp³-hybridized carbons (Fsp3) is 0.222. The second-order valence-electron chi connectivity index (χ2n) is 2.42. The molecule has 64 valence electrons. The Morgan fingerprint density at radius 1 is 1.50 bits per heavy atom. The molecule has 0 aliphatic rings. The van der Waals surface area contributed by atoms with Gasteiger partial charge < -0.3 is 5.11 Å². The van der Waals surface area contributed by atoms with E-state index in [0.29, 0.717) is 11.4 Å². The predicted molar refractivity (Wildman–Crippen MR) is 47.4 cm³/mol. The van der Waals surface area contributed by atoms with E-state index in [-0.39, 0.29) is 5.78 Å². The second kappa shape index (κ2) is 4.24. The molecule has 0 radical (unpaired) electrons. The summed E-state index contributed by atoms with van der Waals surface area (Å²) in [6.07, 6.45) is 0. The Kier molecular flexibility index (Phi) is 3.26. The molecule has 3 heteroatoms. The summed E-state index contributed by atoms with van der Waals surface area (Å²) in [6.45, 7) is -0.453. The Bertz CT molecular complexity index is 284. The van der Waals surface area contributed by atoms with Gasteiger partial charge in [0.2, 0.25) is 0 Å². The molecule has 0 unspecified atom stereocenters. The van der Waals surface area contributed by atoms with Crippen LogP contribution < -0.4 is 0 Å². The molecule has 1 aromatic rings. The molecule has 0 saturated carbocycles. The Morgan fingerprint density at radius 3 is 2.83 bits per heavy atom.